The normalized spacial score (nSPS) is 20.9. The first kappa shape index (κ1) is 14.5. The fourth-order valence-corrected chi connectivity index (χ4v) is 2.76. The van der Waals surface area contributed by atoms with Crippen molar-refractivity contribution in [2.45, 2.75) is 45.7 Å². The molecule has 0 amide bonds. The standard InChI is InChI=1S/C16H27N3/c1-14(2)10-18-12-16-7-3-4-9-19(16)13-15-6-5-8-17-11-15/h5-6,8,11,14,16,18H,3-4,7,9-10,12-13H2,1-2H3. The van der Waals surface area contributed by atoms with Gasteiger partial charge in [0.2, 0.25) is 0 Å². The van der Waals surface area contributed by atoms with Crippen molar-refractivity contribution in [2.24, 2.45) is 5.92 Å². The summed E-state index contributed by atoms with van der Waals surface area (Å²) in [4.78, 5) is 6.84. The van der Waals surface area contributed by atoms with E-state index in [1.807, 2.05) is 18.5 Å². The smallest absolute Gasteiger partial charge is 0.0312 e. The first-order valence-electron chi connectivity index (χ1n) is 7.59. The van der Waals surface area contributed by atoms with Gasteiger partial charge in [-0.15, -0.1) is 0 Å². The van der Waals surface area contributed by atoms with Gasteiger partial charge in [0.1, 0.15) is 0 Å². The summed E-state index contributed by atoms with van der Waals surface area (Å²) in [5.41, 5.74) is 1.33. The maximum atomic E-state index is 4.22. The highest BCUT2D eigenvalue weighted by Crippen LogP contribution is 2.19. The van der Waals surface area contributed by atoms with Crippen LogP contribution in [0.25, 0.3) is 0 Å². The van der Waals surface area contributed by atoms with E-state index in [-0.39, 0.29) is 0 Å². The van der Waals surface area contributed by atoms with Gasteiger partial charge in [0, 0.05) is 31.5 Å². The van der Waals surface area contributed by atoms with Crippen LogP contribution in [0.5, 0.6) is 0 Å². The summed E-state index contributed by atoms with van der Waals surface area (Å²) in [6, 6.07) is 4.90. The minimum atomic E-state index is 0.688. The summed E-state index contributed by atoms with van der Waals surface area (Å²) < 4.78 is 0. The lowest BCUT2D eigenvalue weighted by Gasteiger charge is -2.36. The zero-order chi connectivity index (χ0) is 13.5. The van der Waals surface area contributed by atoms with E-state index in [2.05, 4.69) is 35.1 Å². The molecule has 19 heavy (non-hydrogen) atoms. The Labute approximate surface area is 117 Å². The van der Waals surface area contributed by atoms with Gasteiger partial charge in [0.25, 0.3) is 0 Å². The molecule has 1 aliphatic rings. The van der Waals surface area contributed by atoms with E-state index in [1.165, 1.54) is 31.4 Å². The molecule has 1 aromatic heterocycles. The largest absolute Gasteiger partial charge is 0.315 e. The fraction of sp³-hybridized carbons (Fsp3) is 0.688. The molecule has 3 heteroatoms. The number of piperidine rings is 1. The highest BCUT2D eigenvalue weighted by atomic mass is 15.2. The summed E-state index contributed by atoms with van der Waals surface area (Å²) in [5.74, 6) is 0.732. The molecule has 0 aromatic carbocycles. The number of hydrogen-bond donors (Lipinski definition) is 1. The zero-order valence-corrected chi connectivity index (χ0v) is 12.3. The number of likely N-dealkylation sites (tertiary alicyclic amines) is 1. The molecule has 2 heterocycles. The second kappa shape index (κ2) is 7.61. The molecule has 0 aliphatic carbocycles. The van der Waals surface area contributed by atoms with Crippen LogP contribution in [-0.2, 0) is 6.54 Å². The first-order valence-corrected chi connectivity index (χ1v) is 7.59. The van der Waals surface area contributed by atoms with E-state index in [1.54, 1.807) is 0 Å². The molecule has 0 radical (unpaired) electrons. The van der Waals surface area contributed by atoms with Gasteiger partial charge in [0.05, 0.1) is 0 Å². The second-order valence-electron chi connectivity index (χ2n) is 6.03. The van der Waals surface area contributed by atoms with Crippen molar-refractivity contribution >= 4 is 0 Å². The highest BCUT2D eigenvalue weighted by Gasteiger charge is 2.21. The highest BCUT2D eigenvalue weighted by molar-refractivity contribution is 5.08. The van der Waals surface area contributed by atoms with E-state index in [0.717, 1.165) is 25.6 Å². The lowest BCUT2D eigenvalue weighted by molar-refractivity contribution is 0.136. The van der Waals surface area contributed by atoms with Gasteiger partial charge >= 0.3 is 0 Å². The number of hydrogen-bond acceptors (Lipinski definition) is 3. The average molecular weight is 261 g/mol. The summed E-state index contributed by atoms with van der Waals surface area (Å²) in [6.45, 7) is 9.04. The fourth-order valence-electron chi connectivity index (χ4n) is 2.76. The van der Waals surface area contributed by atoms with E-state index in [0.29, 0.717) is 6.04 Å². The van der Waals surface area contributed by atoms with Crippen molar-refractivity contribution in [1.29, 1.82) is 0 Å². The third kappa shape index (κ3) is 4.92. The van der Waals surface area contributed by atoms with Crippen LogP contribution in [0.3, 0.4) is 0 Å². The second-order valence-corrected chi connectivity index (χ2v) is 6.03. The van der Waals surface area contributed by atoms with Crippen molar-refractivity contribution in [3.63, 3.8) is 0 Å². The third-order valence-corrected chi connectivity index (χ3v) is 3.79. The van der Waals surface area contributed by atoms with Crippen molar-refractivity contribution in [2.75, 3.05) is 19.6 Å². The van der Waals surface area contributed by atoms with E-state index < -0.39 is 0 Å². The van der Waals surface area contributed by atoms with Gasteiger partial charge in [-0.05, 0) is 43.5 Å². The van der Waals surface area contributed by atoms with Gasteiger partial charge in [-0.1, -0.05) is 26.3 Å². The molecule has 0 bridgehead atoms. The van der Waals surface area contributed by atoms with Crippen molar-refractivity contribution in [3.8, 4) is 0 Å². The molecule has 1 unspecified atom stereocenters. The van der Waals surface area contributed by atoms with Crippen LogP contribution < -0.4 is 5.32 Å². The Balaban J connectivity index is 1.85. The molecular formula is C16H27N3. The average Bonchev–Trinajstić information content (AvgIpc) is 2.41. The molecule has 1 fully saturated rings. The van der Waals surface area contributed by atoms with Crippen LogP contribution in [0.1, 0.15) is 38.7 Å². The van der Waals surface area contributed by atoms with Crippen molar-refractivity contribution in [3.05, 3.63) is 30.1 Å². The van der Waals surface area contributed by atoms with Crippen molar-refractivity contribution < 1.29 is 0 Å². The number of nitrogens with one attached hydrogen (secondary N) is 1. The summed E-state index contributed by atoms with van der Waals surface area (Å²) in [5, 5.41) is 3.61. The van der Waals surface area contributed by atoms with Gasteiger partial charge in [-0.25, -0.2) is 0 Å². The van der Waals surface area contributed by atoms with Gasteiger partial charge in [-0.3, -0.25) is 9.88 Å². The lowest BCUT2D eigenvalue weighted by Crippen LogP contribution is -2.45. The Morgan fingerprint density at radius 3 is 3.05 bits per heavy atom. The van der Waals surface area contributed by atoms with Crippen molar-refractivity contribution in [1.82, 2.24) is 15.2 Å². The minimum absolute atomic E-state index is 0.688. The summed E-state index contributed by atoms with van der Waals surface area (Å²) in [7, 11) is 0. The predicted molar refractivity (Wildman–Crippen MR) is 80.0 cm³/mol. The molecule has 1 saturated heterocycles. The molecule has 1 aromatic rings. The molecule has 0 spiro atoms. The molecule has 1 atom stereocenters. The predicted octanol–water partition coefficient (Wildman–Crippen LogP) is 2.68. The Morgan fingerprint density at radius 2 is 2.32 bits per heavy atom. The van der Waals surface area contributed by atoms with Gasteiger partial charge in [0.15, 0.2) is 0 Å². The first-order chi connectivity index (χ1) is 9.25. The minimum Gasteiger partial charge on any atom is -0.315 e. The molecule has 3 nitrogen and oxygen atoms in total. The Kier molecular flexibility index (Phi) is 5.80. The quantitative estimate of drug-likeness (QED) is 0.853. The maximum Gasteiger partial charge on any atom is 0.0312 e. The molecule has 0 saturated carbocycles. The van der Waals surface area contributed by atoms with Crippen LogP contribution >= 0.6 is 0 Å². The number of rotatable bonds is 6. The Bertz CT molecular complexity index is 350. The SMILES string of the molecule is CC(C)CNCC1CCCCN1Cc1cccnc1. The third-order valence-electron chi connectivity index (χ3n) is 3.79. The number of nitrogens with zero attached hydrogens (tertiary/aromatic N) is 2. The summed E-state index contributed by atoms with van der Waals surface area (Å²) >= 11 is 0. The van der Waals surface area contributed by atoms with Crippen LogP contribution in [0.15, 0.2) is 24.5 Å². The number of pyridine rings is 1. The Morgan fingerprint density at radius 1 is 1.42 bits per heavy atom. The van der Waals surface area contributed by atoms with Crippen LogP contribution in [0.2, 0.25) is 0 Å². The summed E-state index contributed by atoms with van der Waals surface area (Å²) in [6.07, 6.45) is 7.87. The van der Waals surface area contributed by atoms with E-state index in [9.17, 15) is 0 Å². The monoisotopic (exact) mass is 261 g/mol. The van der Waals surface area contributed by atoms with Crippen LogP contribution in [0.4, 0.5) is 0 Å². The number of aromatic nitrogens is 1. The Hall–Kier alpha value is -0.930. The zero-order valence-electron chi connectivity index (χ0n) is 12.3. The molecular weight excluding hydrogens is 234 g/mol. The lowest BCUT2D eigenvalue weighted by atomic mass is 10.0. The maximum absolute atomic E-state index is 4.22. The molecule has 106 valence electrons. The van der Waals surface area contributed by atoms with Crippen LogP contribution in [-0.4, -0.2) is 35.6 Å². The molecule has 1 aliphatic heterocycles. The van der Waals surface area contributed by atoms with Crippen LogP contribution in [0, 0.1) is 5.92 Å². The topological polar surface area (TPSA) is 28.2 Å². The molecule has 2 rings (SSSR count). The molecule has 1 N–H and O–H groups in total. The van der Waals surface area contributed by atoms with Gasteiger partial charge < -0.3 is 5.32 Å². The van der Waals surface area contributed by atoms with Gasteiger partial charge in [-0.2, -0.15) is 0 Å². The van der Waals surface area contributed by atoms with E-state index >= 15 is 0 Å². The van der Waals surface area contributed by atoms with E-state index in [4.69, 9.17) is 0 Å².